The molecule has 0 saturated carbocycles. The second-order valence-corrected chi connectivity index (χ2v) is 8.00. The van der Waals surface area contributed by atoms with E-state index in [0.29, 0.717) is 29.1 Å². The fourth-order valence-electron chi connectivity index (χ4n) is 5.04. The van der Waals surface area contributed by atoms with Crippen LogP contribution < -0.4 is 9.47 Å². The Balaban J connectivity index is 1.65. The van der Waals surface area contributed by atoms with E-state index in [2.05, 4.69) is 5.29 Å². The lowest BCUT2D eigenvalue weighted by molar-refractivity contribution is -0.157. The van der Waals surface area contributed by atoms with Crippen LogP contribution in [0.3, 0.4) is 0 Å². The number of likely N-dealkylation sites (N-methyl/N-ethyl adjacent to an activating group) is 1. The quantitative estimate of drug-likeness (QED) is 0.595. The number of carbonyl (C=O) groups excluding carboxylic acids is 2. The van der Waals surface area contributed by atoms with E-state index < -0.39 is 12.1 Å². The summed E-state index contributed by atoms with van der Waals surface area (Å²) < 4.78 is 12.3. The first kappa shape index (κ1) is 17.9. The van der Waals surface area contributed by atoms with Gasteiger partial charge in [0.25, 0.3) is 0 Å². The third kappa shape index (κ3) is 2.37. The maximum Gasteiger partial charge on any atom is 0.245 e. The van der Waals surface area contributed by atoms with Crippen molar-refractivity contribution in [3.05, 3.63) is 64.2 Å². The number of hydrogen-bond donors (Lipinski definition) is 0. The predicted octanol–water partition coefficient (Wildman–Crippen LogP) is 2.21. The molecular formula is C22H18N4O5. The van der Waals surface area contributed by atoms with Crippen LogP contribution in [0.2, 0.25) is 0 Å². The highest BCUT2D eigenvalue weighted by molar-refractivity contribution is 5.97. The van der Waals surface area contributed by atoms with E-state index in [1.54, 1.807) is 18.0 Å². The number of para-hydroxylation sites is 1. The number of ether oxygens (including phenoxy) is 2. The molecule has 9 heteroatoms. The van der Waals surface area contributed by atoms with Crippen LogP contribution in [0.15, 0.2) is 47.8 Å². The summed E-state index contributed by atoms with van der Waals surface area (Å²) in [7, 11) is 1.64. The number of rotatable bonds is 2. The average Bonchev–Trinajstić information content (AvgIpc) is 3.37. The van der Waals surface area contributed by atoms with E-state index in [4.69, 9.17) is 9.47 Å². The monoisotopic (exact) mass is 418 g/mol. The van der Waals surface area contributed by atoms with Gasteiger partial charge in [0.2, 0.25) is 18.6 Å². The van der Waals surface area contributed by atoms with Crippen LogP contribution in [0.1, 0.15) is 22.9 Å². The van der Waals surface area contributed by atoms with Crippen LogP contribution in [0.25, 0.3) is 10.9 Å². The second-order valence-electron chi connectivity index (χ2n) is 8.00. The third-order valence-electron chi connectivity index (χ3n) is 6.38. The Morgan fingerprint density at radius 3 is 2.71 bits per heavy atom. The molecule has 1 fully saturated rings. The molecule has 1 saturated heterocycles. The van der Waals surface area contributed by atoms with Crippen molar-refractivity contribution in [2.24, 2.45) is 5.29 Å². The molecule has 3 aliphatic heterocycles. The number of piperazine rings is 1. The van der Waals surface area contributed by atoms with E-state index in [9.17, 15) is 14.5 Å². The van der Waals surface area contributed by atoms with Crippen LogP contribution >= 0.6 is 0 Å². The molecular weight excluding hydrogens is 400 g/mol. The summed E-state index contributed by atoms with van der Waals surface area (Å²) in [5, 5.41) is 4.15. The minimum atomic E-state index is -0.654. The normalized spacial score (nSPS) is 22.0. The van der Waals surface area contributed by atoms with Crippen LogP contribution in [0, 0.1) is 4.91 Å². The molecule has 1 aromatic heterocycles. The Morgan fingerprint density at radius 2 is 1.87 bits per heavy atom. The van der Waals surface area contributed by atoms with Crippen LogP contribution in [0.4, 0.5) is 0 Å². The Labute approximate surface area is 176 Å². The topological polar surface area (TPSA) is 93.4 Å². The molecule has 6 rings (SSSR count). The summed E-state index contributed by atoms with van der Waals surface area (Å²) in [5.74, 6) is 0.886. The van der Waals surface area contributed by atoms with E-state index in [0.717, 1.165) is 16.5 Å². The number of nitrogens with zero attached hydrogens (tertiary/aromatic N) is 4. The van der Waals surface area contributed by atoms with Gasteiger partial charge in [-0.15, -0.1) is 4.91 Å². The van der Waals surface area contributed by atoms with E-state index >= 15 is 0 Å². The molecule has 156 valence electrons. The molecule has 2 amide bonds. The maximum absolute atomic E-state index is 13.2. The van der Waals surface area contributed by atoms with E-state index in [1.165, 1.54) is 9.58 Å². The SMILES string of the molecule is CN1CC(=O)N2C(Cc3c(n(N=O)c4ccccc34)C2c2ccc3c(c2)OCO3)C1=O. The molecule has 0 aliphatic carbocycles. The summed E-state index contributed by atoms with van der Waals surface area (Å²) in [4.78, 5) is 41.3. The second kappa shape index (κ2) is 6.31. The fourth-order valence-corrected chi connectivity index (χ4v) is 5.04. The van der Waals surface area contributed by atoms with Gasteiger partial charge in [-0.25, -0.2) is 0 Å². The summed E-state index contributed by atoms with van der Waals surface area (Å²) in [6, 6.07) is 11.6. The molecule has 0 spiro atoms. The van der Waals surface area contributed by atoms with Gasteiger partial charge in [-0.2, -0.15) is 4.68 Å². The largest absolute Gasteiger partial charge is 0.454 e. The molecule has 31 heavy (non-hydrogen) atoms. The predicted molar refractivity (Wildman–Crippen MR) is 110 cm³/mol. The van der Waals surface area contributed by atoms with Crippen molar-refractivity contribution >= 4 is 22.7 Å². The van der Waals surface area contributed by atoms with Crippen molar-refractivity contribution in [3.63, 3.8) is 0 Å². The lowest BCUT2D eigenvalue weighted by Gasteiger charge is -2.46. The van der Waals surface area contributed by atoms with Crippen molar-refractivity contribution in [2.75, 3.05) is 20.4 Å². The lowest BCUT2D eigenvalue weighted by Crippen LogP contribution is -2.62. The number of hydrogen-bond acceptors (Lipinski definition) is 6. The standard InChI is InChI=1S/C22H18N4O5/c1-24-10-19(27)25-16(22(24)28)9-14-13-4-2-3-5-15(13)26(23-29)21(14)20(25)12-6-7-17-18(8-12)31-11-30-17/h2-8,16,20H,9-11H2,1H3. The van der Waals surface area contributed by atoms with E-state index in [1.807, 2.05) is 36.4 Å². The van der Waals surface area contributed by atoms with Crippen molar-refractivity contribution in [3.8, 4) is 11.5 Å². The summed E-state index contributed by atoms with van der Waals surface area (Å²) >= 11 is 0. The molecule has 2 atom stereocenters. The van der Waals surface area contributed by atoms with Crippen molar-refractivity contribution < 1.29 is 19.1 Å². The smallest absolute Gasteiger partial charge is 0.245 e. The highest BCUT2D eigenvalue weighted by atomic mass is 16.7. The number of aromatic nitrogens is 1. The minimum absolute atomic E-state index is 0.0134. The first-order chi connectivity index (χ1) is 15.1. The zero-order valence-corrected chi connectivity index (χ0v) is 16.6. The van der Waals surface area contributed by atoms with Gasteiger partial charge in [-0.1, -0.05) is 24.3 Å². The van der Waals surface area contributed by atoms with Gasteiger partial charge in [-0.3, -0.25) is 9.59 Å². The van der Waals surface area contributed by atoms with Gasteiger partial charge in [0.15, 0.2) is 11.5 Å². The van der Waals surface area contributed by atoms with Crippen LogP contribution in [-0.4, -0.2) is 52.7 Å². The molecule has 0 bridgehead atoms. The van der Waals surface area contributed by atoms with E-state index in [-0.39, 0.29) is 25.2 Å². The Bertz CT molecular complexity index is 1280. The number of fused-ring (bicyclic) bond motifs is 5. The zero-order valence-electron chi connectivity index (χ0n) is 16.6. The Morgan fingerprint density at radius 1 is 1.06 bits per heavy atom. The molecule has 2 unspecified atom stereocenters. The number of amides is 2. The highest BCUT2D eigenvalue weighted by Crippen LogP contribution is 2.46. The minimum Gasteiger partial charge on any atom is -0.454 e. The molecule has 3 aliphatic rings. The van der Waals surface area contributed by atoms with Gasteiger partial charge in [0.1, 0.15) is 12.1 Å². The van der Waals surface area contributed by atoms with Crippen LogP contribution in [-0.2, 0) is 16.0 Å². The highest BCUT2D eigenvalue weighted by Gasteiger charge is 2.48. The molecule has 2 aromatic carbocycles. The van der Waals surface area contributed by atoms with Gasteiger partial charge < -0.3 is 19.3 Å². The van der Waals surface area contributed by atoms with Gasteiger partial charge in [0, 0.05) is 18.9 Å². The molecule has 9 nitrogen and oxygen atoms in total. The fraction of sp³-hybridized carbons (Fsp3) is 0.273. The number of carbonyl (C=O) groups is 2. The summed E-state index contributed by atoms with van der Waals surface area (Å²) in [6.07, 6.45) is 0.328. The Kier molecular flexibility index (Phi) is 3.65. The molecule has 3 aromatic rings. The van der Waals surface area contributed by atoms with Gasteiger partial charge >= 0.3 is 0 Å². The van der Waals surface area contributed by atoms with Gasteiger partial charge in [-0.05, 0) is 29.3 Å². The first-order valence-electron chi connectivity index (χ1n) is 10.00. The molecule has 0 radical (unpaired) electrons. The van der Waals surface area contributed by atoms with Crippen molar-refractivity contribution in [1.82, 2.24) is 14.5 Å². The third-order valence-corrected chi connectivity index (χ3v) is 6.38. The first-order valence-corrected chi connectivity index (χ1v) is 10.00. The summed E-state index contributed by atoms with van der Waals surface area (Å²) in [5.41, 5.74) is 2.85. The molecule has 4 heterocycles. The maximum atomic E-state index is 13.2. The molecule has 0 N–H and O–H groups in total. The lowest BCUT2D eigenvalue weighted by atomic mass is 9.86. The zero-order chi connectivity index (χ0) is 21.3. The summed E-state index contributed by atoms with van der Waals surface area (Å²) in [6.45, 7) is 0.111. The van der Waals surface area contributed by atoms with Gasteiger partial charge in [0.05, 0.1) is 23.0 Å². The number of benzene rings is 2. The van der Waals surface area contributed by atoms with Crippen LogP contribution in [0.5, 0.6) is 11.5 Å². The van der Waals surface area contributed by atoms with Crippen molar-refractivity contribution in [1.29, 1.82) is 0 Å². The van der Waals surface area contributed by atoms with Crippen molar-refractivity contribution in [2.45, 2.75) is 18.5 Å². The Hall–Kier alpha value is -3.88. The number of nitroso groups, excluding NO2 is 1. The average molecular weight is 418 g/mol.